The normalized spacial score (nSPS) is 11.3. The van der Waals surface area contributed by atoms with Crippen molar-refractivity contribution in [3.63, 3.8) is 0 Å². The lowest BCUT2D eigenvalue weighted by molar-refractivity contribution is -0.130. The molecule has 2 rings (SSSR count). The van der Waals surface area contributed by atoms with Gasteiger partial charge >= 0.3 is 12.0 Å². The van der Waals surface area contributed by atoms with Crippen LogP contribution in [0.5, 0.6) is 0 Å². The lowest BCUT2D eigenvalue weighted by atomic mass is 9.87. The van der Waals surface area contributed by atoms with Gasteiger partial charge in [-0.3, -0.25) is 19.9 Å². The van der Waals surface area contributed by atoms with Crippen LogP contribution in [0.15, 0.2) is 17.2 Å². The SMILES string of the molecule is CC(=O)OSc1c(C(C)(C)C)cnc(C(C)C)c1NC(=O)NC(=O)c1cc(F)c(Cl)nc1Cl. The molecule has 0 unspecified atom stereocenters. The summed E-state index contributed by atoms with van der Waals surface area (Å²) in [6.45, 7) is 10.8. The van der Waals surface area contributed by atoms with Gasteiger partial charge in [-0.25, -0.2) is 14.2 Å². The smallest absolute Gasteiger partial charge is 0.326 e. The number of rotatable bonds is 5. The topological polar surface area (TPSA) is 110 Å². The van der Waals surface area contributed by atoms with Crippen LogP contribution in [0.3, 0.4) is 0 Å². The van der Waals surface area contributed by atoms with Crippen LogP contribution in [0, 0.1) is 5.82 Å². The molecule has 0 aliphatic heterocycles. The van der Waals surface area contributed by atoms with Gasteiger partial charge < -0.3 is 9.50 Å². The van der Waals surface area contributed by atoms with Gasteiger partial charge in [0.15, 0.2) is 11.0 Å². The Hall–Kier alpha value is -2.43. The Kier molecular flexibility index (Phi) is 8.67. The van der Waals surface area contributed by atoms with Crippen LogP contribution in [0.25, 0.3) is 0 Å². The first-order valence-electron chi connectivity index (χ1n) is 9.74. The van der Waals surface area contributed by atoms with Gasteiger partial charge in [0.25, 0.3) is 5.91 Å². The molecule has 2 aromatic heterocycles. The number of hydrogen-bond acceptors (Lipinski definition) is 7. The average Bonchev–Trinajstić information content (AvgIpc) is 2.68. The number of nitrogens with one attached hydrogen (secondary N) is 2. The molecule has 0 radical (unpaired) electrons. The predicted molar refractivity (Wildman–Crippen MR) is 125 cm³/mol. The minimum atomic E-state index is -0.985. The number of carbonyl (C=O) groups excluding carboxylic acids is 3. The number of nitrogens with zero attached hydrogens (tertiary/aromatic N) is 2. The van der Waals surface area contributed by atoms with E-state index in [1.165, 1.54) is 6.92 Å². The van der Waals surface area contributed by atoms with Crippen molar-refractivity contribution in [1.82, 2.24) is 15.3 Å². The molecule has 2 heterocycles. The molecule has 12 heteroatoms. The second kappa shape index (κ2) is 10.7. The number of halogens is 3. The average molecular weight is 517 g/mol. The molecule has 2 N–H and O–H groups in total. The maximum Gasteiger partial charge on any atom is 0.326 e. The summed E-state index contributed by atoms with van der Waals surface area (Å²) in [4.78, 5) is 45.1. The van der Waals surface area contributed by atoms with E-state index in [-0.39, 0.29) is 22.3 Å². The lowest BCUT2D eigenvalue weighted by Crippen LogP contribution is -2.35. The van der Waals surface area contributed by atoms with Gasteiger partial charge in [0.1, 0.15) is 5.15 Å². The number of imide groups is 1. The zero-order valence-electron chi connectivity index (χ0n) is 18.8. The van der Waals surface area contributed by atoms with Gasteiger partial charge in [-0.15, -0.1) is 0 Å². The summed E-state index contributed by atoms with van der Waals surface area (Å²) < 4.78 is 18.9. The molecule has 178 valence electrons. The minimum Gasteiger partial charge on any atom is -0.386 e. The van der Waals surface area contributed by atoms with Gasteiger partial charge in [-0.2, -0.15) is 0 Å². The molecule has 0 spiro atoms. The van der Waals surface area contributed by atoms with Gasteiger partial charge in [0, 0.05) is 13.1 Å². The van der Waals surface area contributed by atoms with E-state index < -0.39 is 34.3 Å². The highest BCUT2D eigenvalue weighted by molar-refractivity contribution is 7.95. The zero-order valence-corrected chi connectivity index (χ0v) is 21.1. The van der Waals surface area contributed by atoms with Gasteiger partial charge in [0.2, 0.25) is 0 Å². The van der Waals surface area contributed by atoms with Crippen molar-refractivity contribution >= 4 is 58.8 Å². The Labute approximate surface area is 205 Å². The summed E-state index contributed by atoms with van der Waals surface area (Å²) in [6.07, 6.45) is 1.66. The Morgan fingerprint density at radius 3 is 2.36 bits per heavy atom. The molecule has 0 fully saturated rings. The van der Waals surface area contributed by atoms with E-state index in [4.69, 9.17) is 27.4 Å². The first-order valence-corrected chi connectivity index (χ1v) is 11.2. The van der Waals surface area contributed by atoms with Crippen molar-refractivity contribution in [1.29, 1.82) is 0 Å². The maximum absolute atomic E-state index is 13.7. The number of carbonyl (C=O) groups is 3. The molecule has 33 heavy (non-hydrogen) atoms. The maximum atomic E-state index is 13.7. The third kappa shape index (κ3) is 6.78. The second-order valence-electron chi connectivity index (χ2n) is 8.33. The fourth-order valence-electron chi connectivity index (χ4n) is 2.71. The monoisotopic (exact) mass is 516 g/mol. The van der Waals surface area contributed by atoms with Crippen molar-refractivity contribution in [3.8, 4) is 0 Å². The second-order valence-corrected chi connectivity index (χ2v) is 9.79. The van der Waals surface area contributed by atoms with Gasteiger partial charge in [0.05, 0.1) is 33.9 Å². The Bertz CT molecular complexity index is 1110. The molecule has 0 aromatic carbocycles. The summed E-state index contributed by atoms with van der Waals surface area (Å²) in [6, 6.07) is -0.144. The Morgan fingerprint density at radius 1 is 1.18 bits per heavy atom. The van der Waals surface area contributed by atoms with Crippen LogP contribution < -0.4 is 10.6 Å². The molecule has 0 saturated carbocycles. The molecule has 3 amide bonds. The standard InChI is InChI=1S/C21H23Cl2FN4O4S/c1-9(2)14-15(16(33-32-10(3)29)12(8-25-14)21(4,5)6)26-20(31)28-19(30)11-7-13(24)18(23)27-17(11)22/h7-9H,1-6H3,(H2,26,28,30,31). The van der Waals surface area contributed by atoms with Crippen molar-refractivity contribution in [2.24, 2.45) is 0 Å². The number of urea groups is 1. The first-order chi connectivity index (χ1) is 15.2. The first kappa shape index (κ1) is 26.8. The summed E-state index contributed by atoms with van der Waals surface area (Å²) in [7, 11) is 0. The molecule has 2 aromatic rings. The number of anilines is 1. The Morgan fingerprint density at radius 2 is 1.82 bits per heavy atom. The molecule has 0 aliphatic carbocycles. The van der Waals surface area contributed by atoms with E-state index in [2.05, 4.69) is 20.6 Å². The van der Waals surface area contributed by atoms with Crippen LogP contribution >= 0.6 is 35.2 Å². The molecule has 8 nitrogen and oxygen atoms in total. The number of pyridine rings is 2. The van der Waals surface area contributed by atoms with Crippen LogP contribution in [0.2, 0.25) is 10.3 Å². The zero-order chi connectivity index (χ0) is 25.1. The van der Waals surface area contributed by atoms with E-state index in [1.54, 1.807) is 6.20 Å². The third-order valence-corrected chi connectivity index (χ3v) is 5.72. The van der Waals surface area contributed by atoms with E-state index in [0.717, 1.165) is 18.1 Å². The highest BCUT2D eigenvalue weighted by Gasteiger charge is 2.27. The molecule has 0 bridgehead atoms. The van der Waals surface area contributed by atoms with Crippen molar-refractivity contribution in [2.45, 2.75) is 57.8 Å². The summed E-state index contributed by atoms with van der Waals surface area (Å²) >= 11 is 12.2. The summed E-state index contributed by atoms with van der Waals surface area (Å²) in [5, 5.41) is 3.83. The van der Waals surface area contributed by atoms with Crippen LogP contribution in [0.4, 0.5) is 14.9 Å². The van der Waals surface area contributed by atoms with E-state index in [0.29, 0.717) is 16.2 Å². The van der Waals surface area contributed by atoms with Crippen molar-refractivity contribution < 1.29 is 23.0 Å². The molecular weight excluding hydrogens is 494 g/mol. The highest BCUT2D eigenvalue weighted by Crippen LogP contribution is 2.41. The number of aromatic nitrogens is 2. The number of hydrogen-bond donors (Lipinski definition) is 2. The van der Waals surface area contributed by atoms with Crippen LogP contribution in [-0.4, -0.2) is 27.9 Å². The van der Waals surface area contributed by atoms with Crippen molar-refractivity contribution in [3.05, 3.63) is 45.2 Å². The van der Waals surface area contributed by atoms with Crippen LogP contribution in [-0.2, 0) is 14.4 Å². The largest absolute Gasteiger partial charge is 0.386 e. The van der Waals surface area contributed by atoms with Gasteiger partial charge in [-0.05, 0) is 23.0 Å². The predicted octanol–water partition coefficient (Wildman–Crippen LogP) is 5.88. The highest BCUT2D eigenvalue weighted by atomic mass is 35.5. The lowest BCUT2D eigenvalue weighted by Gasteiger charge is -2.25. The van der Waals surface area contributed by atoms with Gasteiger partial charge in [-0.1, -0.05) is 57.8 Å². The van der Waals surface area contributed by atoms with E-state index >= 15 is 0 Å². The van der Waals surface area contributed by atoms with Crippen molar-refractivity contribution in [2.75, 3.05) is 5.32 Å². The quantitative estimate of drug-likeness (QED) is 0.377. The minimum absolute atomic E-state index is 0.120. The molecule has 0 atom stereocenters. The van der Waals surface area contributed by atoms with E-state index in [1.807, 2.05) is 34.6 Å². The third-order valence-electron chi connectivity index (χ3n) is 4.25. The fraction of sp³-hybridized carbons (Fsp3) is 0.381. The molecular formula is C21H23Cl2FN4O4S. The summed E-state index contributed by atoms with van der Waals surface area (Å²) in [5.74, 6) is -2.59. The van der Waals surface area contributed by atoms with Crippen LogP contribution in [0.1, 0.15) is 69.1 Å². The van der Waals surface area contributed by atoms with E-state index in [9.17, 15) is 18.8 Å². The molecule has 0 saturated heterocycles. The number of amides is 3. The molecule has 0 aliphatic rings. The fourth-order valence-corrected chi connectivity index (χ4v) is 4.00. The Balaban J connectivity index is 2.45. The summed E-state index contributed by atoms with van der Waals surface area (Å²) in [5.41, 5.74) is 0.729.